The van der Waals surface area contributed by atoms with Crippen LogP contribution in [-0.4, -0.2) is 61.6 Å². The Labute approximate surface area is 175 Å². The summed E-state index contributed by atoms with van der Waals surface area (Å²) in [6.07, 6.45) is 6.26. The van der Waals surface area contributed by atoms with Crippen molar-refractivity contribution in [2.75, 3.05) is 25.9 Å². The van der Waals surface area contributed by atoms with Crippen LogP contribution in [0.1, 0.15) is 63.4 Å². The van der Waals surface area contributed by atoms with E-state index in [4.69, 9.17) is 0 Å². The molecule has 0 spiro atoms. The van der Waals surface area contributed by atoms with Crippen molar-refractivity contribution < 1.29 is 13.2 Å². The maximum atomic E-state index is 12.7. The largest absolute Gasteiger partial charge is 0.335 e. The number of sulfonamides is 1. The van der Waals surface area contributed by atoms with Gasteiger partial charge >= 0.3 is 6.03 Å². The Hall–Kier alpha value is -1.60. The van der Waals surface area contributed by atoms with Crippen LogP contribution in [0.5, 0.6) is 0 Å². The maximum absolute atomic E-state index is 12.7. The van der Waals surface area contributed by atoms with Gasteiger partial charge in [0.15, 0.2) is 0 Å². The molecular weight excluding hydrogens is 386 g/mol. The zero-order valence-electron chi connectivity index (χ0n) is 17.7. The average Bonchev–Trinajstić information content (AvgIpc) is 2.74. The van der Waals surface area contributed by atoms with E-state index < -0.39 is 10.0 Å². The first-order valence-electron chi connectivity index (χ1n) is 11.0. The molecule has 6 nitrogen and oxygen atoms in total. The lowest BCUT2D eigenvalue weighted by molar-refractivity contribution is 0.157. The van der Waals surface area contributed by atoms with Crippen molar-refractivity contribution in [3.8, 4) is 0 Å². The third kappa shape index (κ3) is 5.72. The Balaban J connectivity index is 1.43. The molecule has 0 aromatic heterocycles. The summed E-state index contributed by atoms with van der Waals surface area (Å²) >= 11 is 0. The number of benzene rings is 1. The molecule has 2 amide bonds. The Morgan fingerprint density at radius 3 is 2.28 bits per heavy atom. The second-order valence-electron chi connectivity index (χ2n) is 8.47. The Morgan fingerprint density at radius 1 is 1.07 bits per heavy atom. The van der Waals surface area contributed by atoms with E-state index in [1.165, 1.54) is 5.56 Å². The van der Waals surface area contributed by atoms with Crippen LogP contribution in [0, 0.1) is 0 Å². The molecule has 2 fully saturated rings. The van der Waals surface area contributed by atoms with Gasteiger partial charge in [-0.3, -0.25) is 0 Å². The first kappa shape index (κ1) is 22.1. The number of carbonyl (C=O) groups is 1. The summed E-state index contributed by atoms with van der Waals surface area (Å²) in [5, 5.41) is 3.20. The maximum Gasteiger partial charge on any atom is 0.317 e. The summed E-state index contributed by atoms with van der Waals surface area (Å²) in [5.74, 6) is 0.802. The summed E-state index contributed by atoms with van der Waals surface area (Å²) in [5.41, 5.74) is 1.40. The minimum absolute atomic E-state index is 0.0250. The van der Waals surface area contributed by atoms with Crippen molar-refractivity contribution in [1.82, 2.24) is 14.5 Å². The number of amides is 2. The molecule has 0 bridgehead atoms. The Morgan fingerprint density at radius 2 is 1.69 bits per heavy atom. The van der Waals surface area contributed by atoms with E-state index >= 15 is 0 Å². The first-order chi connectivity index (χ1) is 13.9. The Kier molecular flexibility index (Phi) is 7.57. The molecule has 29 heavy (non-hydrogen) atoms. The van der Waals surface area contributed by atoms with Gasteiger partial charge in [-0.15, -0.1) is 0 Å². The van der Waals surface area contributed by atoms with Crippen LogP contribution in [0.25, 0.3) is 0 Å². The van der Waals surface area contributed by atoms with E-state index in [-0.39, 0.29) is 23.9 Å². The molecule has 1 saturated heterocycles. The molecule has 1 aromatic rings. The van der Waals surface area contributed by atoms with Crippen molar-refractivity contribution in [2.24, 2.45) is 0 Å². The SMILES string of the molecule is CCCS(=O)(=O)N1CCC(N(C)C(=O)N[C@H]2CC[C@H](c3ccccc3)CC2)CC1. The average molecular weight is 422 g/mol. The zero-order chi connectivity index (χ0) is 20.9. The van der Waals surface area contributed by atoms with Crippen molar-refractivity contribution in [1.29, 1.82) is 0 Å². The molecule has 162 valence electrons. The highest BCUT2D eigenvalue weighted by molar-refractivity contribution is 7.89. The minimum Gasteiger partial charge on any atom is -0.335 e. The molecule has 0 atom stereocenters. The summed E-state index contributed by atoms with van der Waals surface area (Å²) in [4.78, 5) is 14.5. The second kappa shape index (κ2) is 9.94. The minimum atomic E-state index is -3.14. The molecule has 1 aliphatic heterocycles. The molecule has 1 saturated carbocycles. The fourth-order valence-electron chi connectivity index (χ4n) is 4.63. The van der Waals surface area contributed by atoms with Crippen LogP contribution >= 0.6 is 0 Å². The number of hydrogen-bond acceptors (Lipinski definition) is 3. The number of nitrogens with one attached hydrogen (secondary N) is 1. The van der Waals surface area contributed by atoms with Gasteiger partial charge in [0.25, 0.3) is 0 Å². The summed E-state index contributed by atoms with van der Waals surface area (Å²) < 4.78 is 26.0. The van der Waals surface area contributed by atoms with Crippen LogP contribution in [-0.2, 0) is 10.0 Å². The van der Waals surface area contributed by atoms with Gasteiger partial charge in [0.1, 0.15) is 0 Å². The van der Waals surface area contributed by atoms with Crippen LogP contribution in [0.2, 0.25) is 0 Å². The van der Waals surface area contributed by atoms with Crippen LogP contribution in [0.15, 0.2) is 30.3 Å². The zero-order valence-corrected chi connectivity index (χ0v) is 18.5. The molecule has 2 aliphatic rings. The van der Waals surface area contributed by atoms with Crippen LogP contribution in [0.4, 0.5) is 4.79 Å². The van der Waals surface area contributed by atoms with Gasteiger partial charge in [0, 0.05) is 32.2 Å². The predicted octanol–water partition coefficient (Wildman–Crippen LogP) is 3.56. The molecule has 0 unspecified atom stereocenters. The van der Waals surface area contributed by atoms with Crippen molar-refractivity contribution in [2.45, 2.75) is 69.9 Å². The van der Waals surface area contributed by atoms with E-state index in [1.807, 2.05) is 14.0 Å². The smallest absolute Gasteiger partial charge is 0.317 e. The number of nitrogens with zero attached hydrogens (tertiary/aromatic N) is 2. The second-order valence-corrected chi connectivity index (χ2v) is 10.6. The van der Waals surface area contributed by atoms with Crippen molar-refractivity contribution >= 4 is 16.1 Å². The number of carbonyl (C=O) groups excluding carboxylic acids is 1. The molecule has 1 aliphatic carbocycles. The lowest BCUT2D eigenvalue weighted by atomic mass is 9.82. The fraction of sp³-hybridized carbons (Fsp3) is 0.682. The summed E-state index contributed by atoms with van der Waals surface area (Å²) in [6.45, 7) is 2.90. The summed E-state index contributed by atoms with van der Waals surface area (Å²) in [7, 11) is -1.30. The van der Waals surface area contributed by atoms with Crippen molar-refractivity contribution in [3.63, 3.8) is 0 Å². The third-order valence-corrected chi connectivity index (χ3v) is 8.55. The van der Waals surface area contributed by atoms with E-state index in [9.17, 15) is 13.2 Å². The molecule has 7 heteroatoms. The highest BCUT2D eigenvalue weighted by atomic mass is 32.2. The van der Waals surface area contributed by atoms with Gasteiger partial charge in [-0.25, -0.2) is 17.5 Å². The molecule has 1 aromatic carbocycles. The van der Waals surface area contributed by atoms with Crippen molar-refractivity contribution in [3.05, 3.63) is 35.9 Å². The van der Waals surface area contributed by atoms with Crippen LogP contribution < -0.4 is 5.32 Å². The lowest BCUT2D eigenvalue weighted by Crippen LogP contribution is -2.52. The lowest BCUT2D eigenvalue weighted by Gasteiger charge is -2.37. The van der Waals surface area contributed by atoms with Crippen LogP contribution in [0.3, 0.4) is 0 Å². The molecule has 1 heterocycles. The number of rotatable bonds is 6. The third-order valence-electron chi connectivity index (χ3n) is 6.47. The standard InChI is InChI=1S/C22H35N3O3S/c1-3-17-29(27,28)25-15-13-21(14-16-25)24(2)22(26)23-20-11-9-19(10-12-20)18-7-5-4-6-8-18/h4-8,19-21H,3,9-17H2,1-2H3,(H,23,26)/t19-,20-. The summed E-state index contributed by atoms with van der Waals surface area (Å²) in [6, 6.07) is 10.9. The normalized spacial score (nSPS) is 24.2. The number of hydrogen-bond donors (Lipinski definition) is 1. The molecule has 3 rings (SSSR count). The Bertz CT molecular complexity index is 753. The van der Waals surface area contributed by atoms with Gasteiger partial charge in [0.2, 0.25) is 10.0 Å². The monoisotopic (exact) mass is 421 g/mol. The number of urea groups is 1. The van der Waals surface area contributed by atoms with E-state index in [1.54, 1.807) is 9.21 Å². The quantitative estimate of drug-likeness (QED) is 0.764. The van der Waals surface area contributed by atoms with E-state index in [2.05, 4.69) is 35.6 Å². The highest BCUT2D eigenvalue weighted by Gasteiger charge is 2.31. The van der Waals surface area contributed by atoms with Gasteiger partial charge in [0.05, 0.1) is 5.75 Å². The number of piperidine rings is 1. The molecule has 0 radical (unpaired) electrons. The van der Waals surface area contributed by atoms with Gasteiger partial charge in [-0.05, 0) is 56.4 Å². The predicted molar refractivity (Wildman–Crippen MR) is 116 cm³/mol. The fourth-order valence-corrected chi connectivity index (χ4v) is 6.17. The van der Waals surface area contributed by atoms with Gasteiger partial charge < -0.3 is 10.2 Å². The molecular formula is C22H35N3O3S. The first-order valence-corrected chi connectivity index (χ1v) is 12.6. The molecule has 1 N–H and O–H groups in total. The highest BCUT2D eigenvalue weighted by Crippen LogP contribution is 2.32. The van der Waals surface area contributed by atoms with Gasteiger partial charge in [-0.2, -0.15) is 0 Å². The van der Waals surface area contributed by atoms with Gasteiger partial charge in [-0.1, -0.05) is 37.3 Å². The van der Waals surface area contributed by atoms with E-state index in [0.29, 0.717) is 38.3 Å². The topological polar surface area (TPSA) is 69.7 Å². The van der Waals surface area contributed by atoms with E-state index in [0.717, 1.165) is 25.7 Å².